The molecule has 8 nitrogen and oxygen atoms in total. The summed E-state index contributed by atoms with van der Waals surface area (Å²) in [5.41, 5.74) is 9.01. The number of hydrogen-bond acceptors (Lipinski definition) is 6. The van der Waals surface area contributed by atoms with Crippen LogP contribution in [0.2, 0.25) is 0 Å². The van der Waals surface area contributed by atoms with E-state index in [9.17, 15) is 18.0 Å². The summed E-state index contributed by atoms with van der Waals surface area (Å²) in [6.45, 7) is -0.302. The van der Waals surface area contributed by atoms with Gasteiger partial charge in [0.25, 0.3) is 5.92 Å². The number of amides is 1. The van der Waals surface area contributed by atoms with Crippen molar-refractivity contribution < 1.29 is 22.7 Å². The number of nitrogens with one attached hydrogen (secondary N) is 3. The fourth-order valence-corrected chi connectivity index (χ4v) is 6.58. The lowest BCUT2D eigenvalue weighted by Gasteiger charge is -2.39. The minimum Gasteiger partial charge on any atom is -0.496 e. The number of pyridine rings is 1. The molecule has 2 aromatic heterocycles. The summed E-state index contributed by atoms with van der Waals surface area (Å²) in [6.07, 6.45) is 7.44. The van der Waals surface area contributed by atoms with E-state index in [0.29, 0.717) is 18.6 Å². The van der Waals surface area contributed by atoms with E-state index < -0.39 is 30.7 Å². The summed E-state index contributed by atoms with van der Waals surface area (Å²) >= 11 is 0. The first kappa shape index (κ1) is 26.1. The second kappa shape index (κ2) is 10.4. The lowest BCUT2D eigenvalue weighted by atomic mass is 9.74. The molecule has 3 aromatic rings. The van der Waals surface area contributed by atoms with Gasteiger partial charge in [0, 0.05) is 61.7 Å². The first-order valence-electron chi connectivity index (χ1n) is 13.5. The smallest absolute Gasteiger partial charge is 0.262 e. The molecule has 1 aliphatic carbocycles. The van der Waals surface area contributed by atoms with Crippen molar-refractivity contribution in [2.24, 2.45) is 11.8 Å². The Morgan fingerprint density at radius 3 is 2.95 bits per heavy atom. The maximum absolute atomic E-state index is 14.7. The van der Waals surface area contributed by atoms with Gasteiger partial charge in [0.05, 0.1) is 19.7 Å². The van der Waals surface area contributed by atoms with E-state index in [2.05, 4.69) is 33.4 Å². The number of imidazole rings is 1. The summed E-state index contributed by atoms with van der Waals surface area (Å²) in [5, 5.41) is 2.92. The van der Waals surface area contributed by atoms with Crippen molar-refractivity contribution in [1.82, 2.24) is 30.5 Å². The van der Waals surface area contributed by atoms with E-state index in [1.807, 2.05) is 16.7 Å². The molecule has 208 valence electrons. The third-order valence-electron chi connectivity index (χ3n) is 8.40. The quantitative estimate of drug-likeness (QED) is 0.443. The summed E-state index contributed by atoms with van der Waals surface area (Å²) in [7, 11) is 1.43. The van der Waals surface area contributed by atoms with Gasteiger partial charge in [-0.05, 0) is 48.9 Å². The van der Waals surface area contributed by atoms with Gasteiger partial charge in [-0.2, -0.15) is 0 Å². The second-order valence-corrected chi connectivity index (χ2v) is 11.1. The number of fused-ring (bicyclic) bond motifs is 2. The van der Waals surface area contributed by atoms with Gasteiger partial charge < -0.3 is 14.5 Å². The van der Waals surface area contributed by atoms with Gasteiger partial charge in [-0.3, -0.25) is 15.1 Å². The number of rotatable bonds is 6. The van der Waals surface area contributed by atoms with E-state index in [0.717, 1.165) is 17.6 Å². The Morgan fingerprint density at radius 1 is 1.23 bits per heavy atom. The summed E-state index contributed by atoms with van der Waals surface area (Å²) in [4.78, 5) is 19.2. The highest BCUT2D eigenvalue weighted by atomic mass is 19.3. The van der Waals surface area contributed by atoms with E-state index in [1.165, 1.54) is 24.1 Å². The third kappa shape index (κ3) is 5.35. The van der Waals surface area contributed by atoms with Crippen LogP contribution in [0.15, 0.2) is 48.9 Å². The van der Waals surface area contributed by atoms with Gasteiger partial charge in [-0.1, -0.05) is 12.1 Å². The molecule has 1 aromatic carbocycles. The molecule has 11 heteroatoms. The number of alkyl halides is 2. The first-order chi connectivity index (χ1) is 18.8. The number of piperidine rings is 1. The molecule has 4 unspecified atom stereocenters. The van der Waals surface area contributed by atoms with Crippen LogP contribution in [-0.4, -0.2) is 58.4 Å². The number of ether oxygens (including phenoxy) is 1. The predicted molar refractivity (Wildman–Crippen MR) is 139 cm³/mol. The number of hydrazine groups is 1. The number of carbonyl (C=O) groups excluding carboxylic acids is 1. The molecule has 6 rings (SSSR count). The predicted octanol–water partition coefficient (Wildman–Crippen LogP) is 3.44. The van der Waals surface area contributed by atoms with Gasteiger partial charge in [-0.25, -0.2) is 23.6 Å². The Labute approximate surface area is 224 Å². The molecule has 4 heterocycles. The van der Waals surface area contributed by atoms with E-state index >= 15 is 0 Å². The first-order valence-corrected chi connectivity index (χ1v) is 13.5. The standard InChI is InChI=1S/C28H33F3N6O2/c1-39-24-4-2-3-22(29)21(24)15-36-14-19(12-28(30,31)16-36)33-27(38)17-5-7-23-20(11-17)26(35-34-23)18-6-8-25-32-9-10-37(25)13-18/h2-4,6,8-10,13,17,19-20,23,26,34-35H,5,7,11-12,14-16H2,1H3,(H,33,38)/t17?,19-,20?,23?,26?/m1/s1. The molecule has 0 bridgehead atoms. The molecular formula is C28H33F3N6O2. The van der Waals surface area contributed by atoms with Crippen LogP contribution in [0.5, 0.6) is 5.75 Å². The van der Waals surface area contributed by atoms with Crippen molar-refractivity contribution >= 4 is 11.6 Å². The molecule has 3 aliphatic rings. The average Bonchev–Trinajstić information content (AvgIpc) is 3.55. The van der Waals surface area contributed by atoms with Crippen molar-refractivity contribution in [1.29, 1.82) is 0 Å². The highest BCUT2D eigenvalue weighted by molar-refractivity contribution is 5.79. The Kier molecular flexibility index (Phi) is 6.98. The summed E-state index contributed by atoms with van der Waals surface area (Å²) in [5.74, 6) is -3.43. The molecular weight excluding hydrogens is 509 g/mol. The average molecular weight is 543 g/mol. The fraction of sp³-hybridized carbons (Fsp3) is 0.500. The molecule has 2 aliphatic heterocycles. The van der Waals surface area contributed by atoms with Gasteiger partial charge in [0.1, 0.15) is 17.2 Å². The Bertz CT molecular complexity index is 1350. The van der Waals surface area contributed by atoms with E-state index in [4.69, 9.17) is 4.74 Å². The highest BCUT2D eigenvalue weighted by Gasteiger charge is 2.45. The Balaban J connectivity index is 1.12. The molecule has 3 fully saturated rings. The Morgan fingerprint density at radius 2 is 2.10 bits per heavy atom. The fourth-order valence-electron chi connectivity index (χ4n) is 6.58. The molecule has 2 saturated heterocycles. The van der Waals surface area contributed by atoms with Gasteiger partial charge in [-0.15, -0.1) is 0 Å². The van der Waals surface area contributed by atoms with E-state index in [1.54, 1.807) is 12.3 Å². The van der Waals surface area contributed by atoms with Crippen LogP contribution >= 0.6 is 0 Å². The molecule has 1 saturated carbocycles. The second-order valence-electron chi connectivity index (χ2n) is 11.1. The normalized spacial score (nSPS) is 28.8. The molecule has 1 amide bonds. The van der Waals surface area contributed by atoms with Gasteiger partial charge in [0.2, 0.25) is 5.91 Å². The minimum atomic E-state index is -3.00. The molecule has 5 atom stereocenters. The number of carbonyl (C=O) groups is 1. The van der Waals surface area contributed by atoms with Crippen molar-refractivity contribution in [2.45, 2.75) is 56.3 Å². The zero-order valence-electron chi connectivity index (χ0n) is 21.7. The van der Waals surface area contributed by atoms with E-state index in [-0.39, 0.29) is 48.5 Å². The van der Waals surface area contributed by atoms with Crippen LogP contribution in [0, 0.1) is 17.7 Å². The third-order valence-corrected chi connectivity index (χ3v) is 8.40. The maximum Gasteiger partial charge on any atom is 0.262 e. The Hall–Kier alpha value is -3.15. The molecule has 39 heavy (non-hydrogen) atoms. The van der Waals surface area contributed by atoms with Crippen LogP contribution in [0.3, 0.4) is 0 Å². The molecule has 3 N–H and O–H groups in total. The lowest BCUT2D eigenvalue weighted by Crippen LogP contribution is -2.56. The number of aromatic nitrogens is 2. The van der Waals surface area contributed by atoms with Crippen LogP contribution in [0.1, 0.15) is 42.9 Å². The van der Waals surface area contributed by atoms with Crippen molar-refractivity contribution in [2.75, 3.05) is 20.2 Å². The van der Waals surface area contributed by atoms with Crippen LogP contribution in [0.4, 0.5) is 13.2 Å². The molecule has 0 spiro atoms. The number of hydrogen-bond donors (Lipinski definition) is 3. The van der Waals surface area contributed by atoms with Gasteiger partial charge >= 0.3 is 0 Å². The largest absolute Gasteiger partial charge is 0.496 e. The van der Waals surface area contributed by atoms with Gasteiger partial charge in [0.15, 0.2) is 0 Å². The number of halogens is 3. The van der Waals surface area contributed by atoms with Crippen molar-refractivity contribution in [3.05, 3.63) is 65.9 Å². The van der Waals surface area contributed by atoms with Crippen LogP contribution < -0.4 is 20.9 Å². The number of methoxy groups -OCH3 is 1. The summed E-state index contributed by atoms with van der Waals surface area (Å²) in [6, 6.07) is 8.00. The van der Waals surface area contributed by atoms with Crippen molar-refractivity contribution in [3.63, 3.8) is 0 Å². The number of benzene rings is 1. The SMILES string of the molecule is COc1cccc(F)c1CN1C[C@H](NC(=O)C2CCC3NNC(c4ccc5nccn5c4)C3C2)CC(F)(F)C1. The lowest BCUT2D eigenvalue weighted by molar-refractivity contribution is -0.130. The van der Waals surface area contributed by atoms with Crippen LogP contribution in [-0.2, 0) is 11.3 Å². The maximum atomic E-state index is 14.7. The van der Waals surface area contributed by atoms with Crippen molar-refractivity contribution in [3.8, 4) is 5.75 Å². The van der Waals surface area contributed by atoms with Crippen LogP contribution in [0.25, 0.3) is 5.65 Å². The zero-order valence-corrected chi connectivity index (χ0v) is 21.7. The summed E-state index contributed by atoms with van der Waals surface area (Å²) < 4.78 is 51.2. The zero-order chi connectivity index (χ0) is 27.1. The topological polar surface area (TPSA) is 82.9 Å². The highest BCUT2D eigenvalue weighted by Crippen LogP contribution is 2.41. The number of nitrogens with zero attached hydrogens (tertiary/aromatic N) is 3. The monoisotopic (exact) mass is 542 g/mol. The number of likely N-dealkylation sites (tertiary alicyclic amines) is 1. The minimum absolute atomic E-state index is 0.0226. The molecule has 0 radical (unpaired) electrons.